The van der Waals surface area contributed by atoms with Gasteiger partial charge < -0.3 is 20.5 Å². The number of amides is 1. The van der Waals surface area contributed by atoms with Gasteiger partial charge in [0.05, 0.1) is 11.8 Å². The van der Waals surface area contributed by atoms with E-state index in [0.717, 1.165) is 12.0 Å². The lowest BCUT2D eigenvalue weighted by Gasteiger charge is -2.13. The van der Waals surface area contributed by atoms with Crippen LogP contribution < -0.4 is 15.8 Å². The number of nitrogen functional groups attached to an aromatic ring is 1. The van der Waals surface area contributed by atoms with E-state index < -0.39 is 0 Å². The molecule has 1 amide bonds. The smallest absolute Gasteiger partial charge is 0.220 e. The van der Waals surface area contributed by atoms with E-state index in [1.165, 1.54) is 0 Å². The van der Waals surface area contributed by atoms with Crippen molar-refractivity contribution in [3.05, 3.63) is 23.8 Å². The molecule has 0 aliphatic heterocycles. The molecule has 0 bridgehead atoms. The lowest BCUT2D eigenvalue weighted by Crippen LogP contribution is -2.25. The summed E-state index contributed by atoms with van der Waals surface area (Å²) in [5.74, 6) is 0.741. The molecule has 0 fully saturated rings. The molecule has 118 valence electrons. The summed E-state index contributed by atoms with van der Waals surface area (Å²) in [5, 5.41) is 2.86. The SMILES string of the molecule is COCCCNC(=O)CCc1ccc(OC(C)C)c(N)c1. The zero-order valence-electron chi connectivity index (χ0n) is 13.1. The maximum Gasteiger partial charge on any atom is 0.220 e. The summed E-state index contributed by atoms with van der Waals surface area (Å²) >= 11 is 0. The van der Waals surface area contributed by atoms with Gasteiger partial charge in [-0.1, -0.05) is 6.07 Å². The third kappa shape index (κ3) is 6.99. The van der Waals surface area contributed by atoms with Crippen molar-refractivity contribution >= 4 is 11.6 Å². The Bertz CT molecular complexity index is 447. The molecule has 0 aliphatic rings. The molecule has 1 aromatic carbocycles. The van der Waals surface area contributed by atoms with Gasteiger partial charge in [-0.25, -0.2) is 0 Å². The second kappa shape index (κ2) is 9.23. The summed E-state index contributed by atoms with van der Waals surface area (Å²) in [5.41, 5.74) is 7.60. The predicted molar refractivity (Wildman–Crippen MR) is 84.4 cm³/mol. The zero-order chi connectivity index (χ0) is 15.7. The van der Waals surface area contributed by atoms with E-state index in [9.17, 15) is 4.79 Å². The van der Waals surface area contributed by atoms with Gasteiger partial charge in [-0.15, -0.1) is 0 Å². The van der Waals surface area contributed by atoms with Gasteiger partial charge in [0.15, 0.2) is 0 Å². The normalized spacial score (nSPS) is 10.7. The van der Waals surface area contributed by atoms with E-state index >= 15 is 0 Å². The lowest BCUT2D eigenvalue weighted by atomic mass is 10.1. The Morgan fingerprint density at radius 1 is 1.38 bits per heavy atom. The van der Waals surface area contributed by atoms with Crippen LogP contribution in [-0.2, 0) is 16.0 Å². The van der Waals surface area contributed by atoms with Crippen LogP contribution >= 0.6 is 0 Å². The maximum atomic E-state index is 11.7. The van der Waals surface area contributed by atoms with E-state index in [-0.39, 0.29) is 12.0 Å². The molecule has 5 nitrogen and oxygen atoms in total. The van der Waals surface area contributed by atoms with Crippen LogP contribution in [-0.4, -0.2) is 32.3 Å². The highest BCUT2D eigenvalue weighted by molar-refractivity contribution is 5.76. The zero-order valence-corrected chi connectivity index (χ0v) is 13.1. The van der Waals surface area contributed by atoms with Crippen molar-refractivity contribution in [3.8, 4) is 5.75 Å². The molecule has 0 spiro atoms. The molecular weight excluding hydrogens is 268 g/mol. The Hall–Kier alpha value is -1.75. The second-order valence-corrected chi connectivity index (χ2v) is 5.24. The first-order valence-corrected chi connectivity index (χ1v) is 7.33. The fraction of sp³-hybridized carbons (Fsp3) is 0.562. The highest BCUT2D eigenvalue weighted by Gasteiger charge is 2.06. The third-order valence-electron chi connectivity index (χ3n) is 2.93. The highest BCUT2D eigenvalue weighted by atomic mass is 16.5. The fourth-order valence-corrected chi connectivity index (χ4v) is 1.91. The van der Waals surface area contributed by atoms with Gasteiger partial charge in [0, 0.05) is 26.7 Å². The van der Waals surface area contributed by atoms with Crippen molar-refractivity contribution in [2.45, 2.75) is 39.2 Å². The minimum absolute atomic E-state index is 0.0483. The molecule has 5 heteroatoms. The Morgan fingerprint density at radius 3 is 2.76 bits per heavy atom. The minimum Gasteiger partial charge on any atom is -0.489 e. The Kier molecular flexibility index (Phi) is 7.61. The van der Waals surface area contributed by atoms with Crippen molar-refractivity contribution < 1.29 is 14.3 Å². The number of carbonyl (C=O) groups excluding carboxylic acids is 1. The summed E-state index contributed by atoms with van der Waals surface area (Å²) in [7, 11) is 1.65. The summed E-state index contributed by atoms with van der Waals surface area (Å²) in [6.07, 6.45) is 2.05. The van der Waals surface area contributed by atoms with E-state index in [1.807, 2.05) is 32.0 Å². The van der Waals surface area contributed by atoms with Crippen LogP contribution in [0, 0.1) is 0 Å². The first kappa shape index (κ1) is 17.3. The molecule has 0 aliphatic carbocycles. The molecule has 0 unspecified atom stereocenters. The molecule has 0 atom stereocenters. The number of hydrogen-bond donors (Lipinski definition) is 2. The van der Waals surface area contributed by atoms with E-state index in [1.54, 1.807) is 7.11 Å². The van der Waals surface area contributed by atoms with Crippen molar-refractivity contribution in [1.29, 1.82) is 0 Å². The number of rotatable bonds is 9. The number of anilines is 1. The first-order chi connectivity index (χ1) is 10.0. The van der Waals surface area contributed by atoms with E-state index in [4.69, 9.17) is 15.2 Å². The van der Waals surface area contributed by atoms with Gasteiger partial charge in [-0.2, -0.15) is 0 Å². The van der Waals surface area contributed by atoms with Gasteiger partial charge in [-0.05, 0) is 44.4 Å². The summed E-state index contributed by atoms with van der Waals surface area (Å²) < 4.78 is 10.5. The van der Waals surface area contributed by atoms with Gasteiger partial charge in [0.2, 0.25) is 5.91 Å². The average molecular weight is 294 g/mol. The van der Waals surface area contributed by atoms with Gasteiger partial charge in [-0.3, -0.25) is 4.79 Å². The Morgan fingerprint density at radius 2 is 2.14 bits per heavy atom. The van der Waals surface area contributed by atoms with Crippen LogP contribution in [0.4, 0.5) is 5.69 Å². The number of hydrogen-bond acceptors (Lipinski definition) is 4. The van der Waals surface area contributed by atoms with Crippen LogP contribution in [0.15, 0.2) is 18.2 Å². The lowest BCUT2D eigenvalue weighted by molar-refractivity contribution is -0.121. The van der Waals surface area contributed by atoms with Gasteiger partial charge >= 0.3 is 0 Å². The maximum absolute atomic E-state index is 11.7. The monoisotopic (exact) mass is 294 g/mol. The van der Waals surface area contributed by atoms with E-state index in [0.29, 0.717) is 37.4 Å². The Balaban J connectivity index is 2.38. The number of benzene rings is 1. The van der Waals surface area contributed by atoms with Crippen molar-refractivity contribution in [3.63, 3.8) is 0 Å². The van der Waals surface area contributed by atoms with Crippen LogP contribution in [0.1, 0.15) is 32.3 Å². The molecule has 0 saturated carbocycles. The van der Waals surface area contributed by atoms with Crippen LogP contribution in [0.25, 0.3) is 0 Å². The molecule has 21 heavy (non-hydrogen) atoms. The van der Waals surface area contributed by atoms with Crippen molar-refractivity contribution in [2.24, 2.45) is 0 Å². The summed E-state index contributed by atoms with van der Waals surface area (Å²) in [4.78, 5) is 11.7. The molecule has 1 aromatic rings. The van der Waals surface area contributed by atoms with Crippen molar-refractivity contribution in [2.75, 3.05) is 26.0 Å². The fourth-order valence-electron chi connectivity index (χ4n) is 1.91. The molecule has 0 heterocycles. The molecular formula is C16H26N2O3. The van der Waals surface area contributed by atoms with Crippen LogP contribution in [0.2, 0.25) is 0 Å². The first-order valence-electron chi connectivity index (χ1n) is 7.33. The number of carbonyl (C=O) groups is 1. The van der Waals surface area contributed by atoms with Gasteiger partial charge in [0.1, 0.15) is 5.75 Å². The average Bonchev–Trinajstić information content (AvgIpc) is 2.43. The standard InChI is InChI=1S/C16H26N2O3/c1-12(2)21-15-7-5-13(11-14(15)17)6-8-16(19)18-9-4-10-20-3/h5,7,11-12H,4,6,8-10,17H2,1-3H3,(H,18,19). The Labute approximate surface area is 126 Å². The summed E-state index contributed by atoms with van der Waals surface area (Å²) in [6.45, 7) is 5.23. The quantitative estimate of drug-likeness (QED) is 0.540. The molecule has 3 N–H and O–H groups in total. The van der Waals surface area contributed by atoms with Crippen molar-refractivity contribution in [1.82, 2.24) is 5.32 Å². The largest absolute Gasteiger partial charge is 0.489 e. The third-order valence-corrected chi connectivity index (χ3v) is 2.93. The number of nitrogens with one attached hydrogen (secondary N) is 1. The van der Waals surface area contributed by atoms with Gasteiger partial charge in [0.25, 0.3) is 0 Å². The summed E-state index contributed by atoms with van der Waals surface area (Å²) in [6, 6.07) is 5.68. The topological polar surface area (TPSA) is 73.6 Å². The molecule has 0 saturated heterocycles. The predicted octanol–water partition coefficient (Wildman–Crippen LogP) is 2.14. The number of aryl methyl sites for hydroxylation is 1. The number of methoxy groups -OCH3 is 1. The number of ether oxygens (including phenoxy) is 2. The van der Waals surface area contributed by atoms with Crippen LogP contribution in [0.3, 0.4) is 0 Å². The minimum atomic E-state index is 0.0483. The van der Waals surface area contributed by atoms with Crippen LogP contribution in [0.5, 0.6) is 5.75 Å². The van der Waals surface area contributed by atoms with E-state index in [2.05, 4.69) is 5.32 Å². The highest BCUT2D eigenvalue weighted by Crippen LogP contribution is 2.24. The second-order valence-electron chi connectivity index (χ2n) is 5.24. The molecule has 0 aromatic heterocycles. The molecule has 0 radical (unpaired) electrons. The molecule has 1 rings (SSSR count). The number of nitrogens with two attached hydrogens (primary N) is 1.